The van der Waals surface area contributed by atoms with Crippen molar-refractivity contribution in [2.45, 2.75) is 64.7 Å². The Morgan fingerprint density at radius 3 is 2.35 bits per heavy atom. The van der Waals surface area contributed by atoms with E-state index in [1.54, 1.807) is 0 Å². The first-order valence-electron chi connectivity index (χ1n) is 7.37. The van der Waals surface area contributed by atoms with E-state index in [0.717, 1.165) is 16.8 Å². The maximum absolute atomic E-state index is 6.13. The quantitative estimate of drug-likeness (QED) is 0.859. The normalized spacial score (nSPS) is 23.9. The van der Waals surface area contributed by atoms with Crippen LogP contribution in [0.3, 0.4) is 0 Å². The molecule has 0 aromatic carbocycles. The van der Waals surface area contributed by atoms with Gasteiger partial charge in [0.1, 0.15) is 5.82 Å². The third kappa shape index (κ3) is 2.45. The number of pyridine rings is 1. The average Bonchev–Trinajstić information content (AvgIpc) is 3.10. The van der Waals surface area contributed by atoms with Crippen molar-refractivity contribution >= 4 is 18.4 Å². The molecule has 4 nitrogen and oxygen atoms in total. The van der Waals surface area contributed by atoms with Gasteiger partial charge in [-0.25, -0.2) is 4.98 Å². The van der Waals surface area contributed by atoms with E-state index in [9.17, 15) is 0 Å². The van der Waals surface area contributed by atoms with Crippen LogP contribution in [0, 0.1) is 6.92 Å². The molecule has 0 unspecified atom stereocenters. The van der Waals surface area contributed by atoms with Crippen LogP contribution in [0.5, 0.6) is 0 Å². The number of aryl methyl sites for hydroxylation is 1. The van der Waals surface area contributed by atoms with Gasteiger partial charge >= 0.3 is 7.12 Å². The lowest BCUT2D eigenvalue weighted by molar-refractivity contribution is 0.00578. The first-order chi connectivity index (χ1) is 9.28. The summed E-state index contributed by atoms with van der Waals surface area (Å²) < 4.78 is 12.3. The Morgan fingerprint density at radius 1 is 1.20 bits per heavy atom. The van der Waals surface area contributed by atoms with Crippen molar-refractivity contribution in [2.24, 2.45) is 0 Å². The topological polar surface area (TPSA) is 43.4 Å². The fourth-order valence-corrected chi connectivity index (χ4v) is 2.28. The summed E-state index contributed by atoms with van der Waals surface area (Å²) in [6, 6.07) is 2.66. The van der Waals surface area contributed by atoms with Crippen LogP contribution in [-0.4, -0.2) is 29.3 Å². The molecule has 0 radical (unpaired) electrons. The van der Waals surface area contributed by atoms with Gasteiger partial charge in [-0.05, 0) is 64.6 Å². The summed E-state index contributed by atoms with van der Waals surface area (Å²) in [5.41, 5.74) is 1.56. The number of anilines is 1. The van der Waals surface area contributed by atoms with Crippen LogP contribution >= 0.6 is 0 Å². The van der Waals surface area contributed by atoms with E-state index in [0.29, 0.717) is 6.04 Å². The van der Waals surface area contributed by atoms with Gasteiger partial charge in [-0.2, -0.15) is 0 Å². The molecule has 2 aliphatic rings. The Hall–Kier alpha value is -1.07. The van der Waals surface area contributed by atoms with Crippen molar-refractivity contribution in [3.8, 4) is 0 Å². The van der Waals surface area contributed by atoms with Crippen molar-refractivity contribution in [1.29, 1.82) is 0 Å². The van der Waals surface area contributed by atoms with E-state index >= 15 is 0 Å². The van der Waals surface area contributed by atoms with E-state index < -0.39 is 0 Å². The van der Waals surface area contributed by atoms with Crippen LogP contribution in [0.1, 0.15) is 46.1 Å². The zero-order chi connectivity index (χ0) is 14.5. The molecule has 1 saturated heterocycles. The summed E-state index contributed by atoms with van der Waals surface area (Å²) in [5.74, 6) is 0.919. The molecule has 20 heavy (non-hydrogen) atoms. The van der Waals surface area contributed by atoms with Crippen LogP contribution in [-0.2, 0) is 9.31 Å². The van der Waals surface area contributed by atoms with Gasteiger partial charge in [0.05, 0.1) is 11.2 Å². The molecule has 108 valence electrons. The minimum Gasteiger partial charge on any atom is -0.399 e. The highest BCUT2D eigenvalue weighted by Gasteiger charge is 2.52. The van der Waals surface area contributed by atoms with Crippen LogP contribution < -0.4 is 10.8 Å². The molecular weight excluding hydrogens is 251 g/mol. The molecule has 2 heterocycles. The van der Waals surface area contributed by atoms with Crippen LogP contribution in [0.25, 0.3) is 0 Å². The molecule has 3 rings (SSSR count). The maximum atomic E-state index is 6.13. The summed E-state index contributed by atoms with van der Waals surface area (Å²) in [7, 11) is -0.317. The van der Waals surface area contributed by atoms with Gasteiger partial charge in [-0.1, -0.05) is 0 Å². The second-order valence-electron chi connectivity index (χ2n) is 6.93. The fraction of sp³-hybridized carbons (Fsp3) is 0.667. The summed E-state index contributed by atoms with van der Waals surface area (Å²) >= 11 is 0. The molecule has 1 aromatic rings. The van der Waals surface area contributed by atoms with Crippen molar-refractivity contribution in [3.05, 3.63) is 17.8 Å². The van der Waals surface area contributed by atoms with E-state index in [-0.39, 0.29) is 18.3 Å². The number of hydrogen-bond donors (Lipinski definition) is 1. The largest absolute Gasteiger partial charge is 0.495 e. The van der Waals surface area contributed by atoms with Crippen molar-refractivity contribution < 1.29 is 9.31 Å². The molecule has 1 saturated carbocycles. The summed E-state index contributed by atoms with van der Waals surface area (Å²) in [6.45, 7) is 10.4. The number of hydrogen-bond acceptors (Lipinski definition) is 4. The highest BCUT2D eigenvalue weighted by molar-refractivity contribution is 6.62. The molecule has 2 fully saturated rings. The number of nitrogens with one attached hydrogen (secondary N) is 1. The smallest absolute Gasteiger partial charge is 0.399 e. The Labute approximate surface area is 121 Å². The molecule has 1 N–H and O–H groups in total. The number of nitrogens with zero attached hydrogens (tertiary/aromatic N) is 1. The lowest BCUT2D eigenvalue weighted by Gasteiger charge is -2.32. The average molecular weight is 274 g/mol. The van der Waals surface area contributed by atoms with Crippen molar-refractivity contribution in [3.63, 3.8) is 0 Å². The minimum absolute atomic E-state index is 0.308. The fourth-order valence-electron chi connectivity index (χ4n) is 2.28. The molecule has 1 aromatic heterocycles. The van der Waals surface area contributed by atoms with Crippen LogP contribution in [0.2, 0.25) is 0 Å². The molecule has 5 heteroatoms. The van der Waals surface area contributed by atoms with Gasteiger partial charge in [0.25, 0.3) is 0 Å². The lowest BCUT2D eigenvalue weighted by Crippen LogP contribution is -2.41. The van der Waals surface area contributed by atoms with Gasteiger partial charge < -0.3 is 14.6 Å². The first kappa shape index (κ1) is 13.9. The summed E-state index contributed by atoms with van der Waals surface area (Å²) in [6.07, 6.45) is 4.37. The van der Waals surface area contributed by atoms with Crippen LogP contribution in [0.15, 0.2) is 12.3 Å². The lowest BCUT2D eigenvalue weighted by atomic mass is 9.77. The molecule has 1 aliphatic carbocycles. The van der Waals surface area contributed by atoms with Gasteiger partial charge in [0.15, 0.2) is 0 Å². The summed E-state index contributed by atoms with van der Waals surface area (Å²) in [5, 5.41) is 3.43. The Balaban J connectivity index is 1.86. The van der Waals surface area contributed by atoms with Gasteiger partial charge in [-0.3, -0.25) is 0 Å². The molecular formula is C15H23BN2O2. The molecule has 1 aliphatic heterocycles. The maximum Gasteiger partial charge on any atom is 0.495 e. The standard InChI is InChI=1S/C15H23BN2O2/c1-10-9-17-13(18-11-6-7-11)8-12(10)16-19-14(2,3)15(4,5)20-16/h8-9,11H,6-7H2,1-5H3,(H,17,18). The number of aromatic nitrogens is 1. The second kappa shape index (κ2) is 4.47. The molecule has 0 spiro atoms. The highest BCUT2D eigenvalue weighted by Crippen LogP contribution is 2.36. The predicted molar refractivity (Wildman–Crippen MR) is 81.3 cm³/mol. The van der Waals surface area contributed by atoms with Crippen molar-refractivity contribution in [1.82, 2.24) is 4.98 Å². The highest BCUT2D eigenvalue weighted by atomic mass is 16.7. The summed E-state index contributed by atoms with van der Waals surface area (Å²) in [4.78, 5) is 4.44. The molecule has 0 amide bonds. The van der Waals surface area contributed by atoms with E-state index in [1.165, 1.54) is 12.8 Å². The second-order valence-corrected chi connectivity index (χ2v) is 6.93. The SMILES string of the molecule is Cc1cnc(NC2CC2)cc1B1OC(C)(C)C(C)(C)O1. The zero-order valence-electron chi connectivity index (χ0n) is 13.0. The predicted octanol–water partition coefficient (Wildman–Crippen LogP) is 2.26. The van der Waals surface area contributed by atoms with Gasteiger partial charge in [-0.15, -0.1) is 0 Å². The Morgan fingerprint density at radius 2 is 1.80 bits per heavy atom. The molecule has 0 atom stereocenters. The number of rotatable bonds is 3. The minimum atomic E-state index is -0.317. The third-order valence-electron chi connectivity index (χ3n) is 4.58. The van der Waals surface area contributed by atoms with Crippen LogP contribution in [0.4, 0.5) is 5.82 Å². The van der Waals surface area contributed by atoms with Crippen molar-refractivity contribution in [2.75, 3.05) is 5.32 Å². The van der Waals surface area contributed by atoms with Gasteiger partial charge in [0.2, 0.25) is 0 Å². The first-order valence-corrected chi connectivity index (χ1v) is 7.37. The molecule has 0 bridgehead atoms. The van der Waals surface area contributed by atoms with E-state index in [2.05, 4.69) is 44.1 Å². The Kier molecular flexibility index (Phi) is 3.10. The third-order valence-corrected chi connectivity index (χ3v) is 4.58. The van der Waals surface area contributed by atoms with E-state index in [4.69, 9.17) is 9.31 Å². The zero-order valence-corrected chi connectivity index (χ0v) is 13.0. The van der Waals surface area contributed by atoms with Gasteiger partial charge in [0, 0.05) is 12.2 Å². The monoisotopic (exact) mass is 274 g/mol. The Bertz CT molecular complexity index is 511. The van der Waals surface area contributed by atoms with E-state index in [1.807, 2.05) is 13.1 Å².